The summed E-state index contributed by atoms with van der Waals surface area (Å²) in [7, 11) is 6.64. The van der Waals surface area contributed by atoms with E-state index < -0.39 is 60.2 Å². The number of carbonyl (C=O) groups excluding carboxylic acids is 4. The smallest absolute Gasteiger partial charge is 0.326 e. The first kappa shape index (κ1) is 53.5. The zero-order valence-electron chi connectivity index (χ0n) is 39.2. The van der Waals surface area contributed by atoms with Crippen LogP contribution in [0.2, 0.25) is 0 Å². The van der Waals surface area contributed by atoms with E-state index in [0.717, 1.165) is 12.0 Å². The molecule has 0 saturated carbocycles. The van der Waals surface area contributed by atoms with Gasteiger partial charge in [0.25, 0.3) is 0 Å². The molecule has 0 aromatic heterocycles. The highest BCUT2D eigenvalue weighted by atomic mass is 16.5. The van der Waals surface area contributed by atoms with E-state index in [2.05, 4.69) is 17.6 Å². The number of nitrogens with zero attached hydrogens (tertiary/aromatic N) is 3. The predicted molar refractivity (Wildman–Crippen MR) is 236 cm³/mol. The minimum Gasteiger partial charge on any atom is -0.480 e. The lowest BCUT2D eigenvalue weighted by atomic mass is 9.89. The van der Waals surface area contributed by atoms with Gasteiger partial charge in [-0.2, -0.15) is 0 Å². The Morgan fingerprint density at radius 1 is 0.852 bits per heavy atom. The number of likely N-dealkylation sites (tertiary alicyclic amines) is 1. The lowest BCUT2D eigenvalue weighted by molar-refractivity contribution is -0.148. The van der Waals surface area contributed by atoms with Gasteiger partial charge in [0.2, 0.25) is 23.6 Å². The second kappa shape index (κ2) is 27.4. The minimum absolute atomic E-state index is 0.0273. The Kier molecular flexibility index (Phi) is 24.1. The fourth-order valence-electron chi connectivity index (χ4n) is 8.46. The van der Waals surface area contributed by atoms with Crippen LogP contribution in [0.15, 0.2) is 30.3 Å². The predicted octanol–water partition coefficient (Wildman–Crippen LogP) is 4.26. The third-order valence-corrected chi connectivity index (χ3v) is 12.1. The second-order valence-corrected chi connectivity index (χ2v) is 17.3. The average Bonchev–Trinajstić information content (AvgIpc) is 3.71. The maximum Gasteiger partial charge on any atom is 0.326 e. The number of rotatable bonds is 29. The van der Waals surface area contributed by atoms with E-state index in [4.69, 9.17) is 18.9 Å². The minimum atomic E-state index is -1.14. The number of carboxylic acids is 1. The Balaban J connectivity index is 2.22. The van der Waals surface area contributed by atoms with Crippen molar-refractivity contribution < 1.29 is 48.0 Å². The molecule has 0 aliphatic carbocycles. The summed E-state index contributed by atoms with van der Waals surface area (Å²) in [5, 5.41) is 15.7. The normalized spacial score (nSPS) is 18.3. The molecule has 1 heterocycles. The standard InChI is InChI=1S/C46H79N5O10/c1-13-24-60-26-27-61-25-23-49(9)40(31(5)6)44(54)48-39(30(3)4)45(55)50(10)41(32(7)14-2)37(58-11)29-38(52)51-22-18-21-36(51)42(59-12)33(8)43(53)47-35(46(56)57)28-34-19-16-15-17-20-34/h15-17,19-20,30-33,35-37,39-42H,13-14,18,21-29H2,1-12H3,(H,47,53)(H,48,54)(H,56,57)/t32-,33?,35-,36-,37?,39-,40-,41-,42?/m0/s1. The van der Waals surface area contributed by atoms with Gasteiger partial charge < -0.3 is 44.5 Å². The monoisotopic (exact) mass is 862 g/mol. The molecule has 3 N–H and O–H groups in total. The second-order valence-electron chi connectivity index (χ2n) is 17.3. The van der Waals surface area contributed by atoms with E-state index in [1.54, 1.807) is 30.9 Å². The Hall–Kier alpha value is -3.63. The maximum absolute atomic E-state index is 14.5. The Morgan fingerprint density at radius 2 is 1.49 bits per heavy atom. The van der Waals surface area contributed by atoms with Gasteiger partial charge in [-0.3, -0.25) is 24.1 Å². The quantitative estimate of drug-likeness (QED) is 0.0983. The maximum atomic E-state index is 14.5. The van der Waals surface area contributed by atoms with Crippen molar-refractivity contribution in [1.29, 1.82) is 0 Å². The molecule has 1 aliphatic rings. The molecule has 15 heteroatoms. The largest absolute Gasteiger partial charge is 0.480 e. The van der Waals surface area contributed by atoms with Crippen molar-refractivity contribution in [2.45, 2.75) is 136 Å². The lowest BCUT2D eigenvalue weighted by Crippen LogP contribution is -2.60. The lowest BCUT2D eigenvalue weighted by Gasteiger charge is -2.41. The Labute approximate surface area is 365 Å². The number of hydrogen-bond acceptors (Lipinski definition) is 10. The number of nitrogens with one attached hydrogen (secondary N) is 2. The van der Waals surface area contributed by atoms with Crippen LogP contribution in [0.1, 0.15) is 93.1 Å². The fourth-order valence-corrected chi connectivity index (χ4v) is 8.46. The molecule has 1 aromatic carbocycles. The molecule has 1 saturated heterocycles. The number of carboxylic acid groups (broad SMARTS) is 1. The van der Waals surface area contributed by atoms with E-state index in [-0.39, 0.29) is 48.3 Å². The van der Waals surface area contributed by atoms with Crippen molar-refractivity contribution in [1.82, 2.24) is 25.3 Å². The number of hydrogen-bond donors (Lipinski definition) is 3. The van der Waals surface area contributed by atoms with Gasteiger partial charge in [0.15, 0.2) is 0 Å². The van der Waals surface area contributed by atoms with Crippen LogP contribution < -0.4 is 10.6 Å². The molecular weight excluding hydrogens is 783 g/mol. The van der Waals surface area contributed by atoms with E-state index in [1.165, 1.54) is 7.11 Å². The van der Waals surface area contributed by atoms with E-state index in [1.807, 2.05) is 83.8 Å². The Morgan fingerprint density at radius 3 is 2.03 bits per heavy atom. The van der Waals surface area contributed by atoms with Crippen LogP contribution in [0.3, 0.4) is 0 Å². The van der Waals surface area contributed by atoms with Gasteiger partial charge in [0.1, 0.15) is 12.1 Å². The molecule has 4 amide bonds. The van der Waals surface area contributed by atoms with Gasteiger partial charge >= 0.3 is 5.97 Å². The zero-order valence-corrected chi connectivity index (χ0v) is 39.2. The molecule has 0 radical (unpaired) electrons. The number of likely N-dealkylation sites (N-methyl/N-ethyl adjacent to an activating group) is 2. The summed E-state index contributed by atoms with van der Waals surface area (Å²) < 4.78 is 23.2. The van der Waals surface area contributed by atoms with Gasteiger partial charge in [0.05, 0.1) is 62.5 Å². The highest BCUT2D eigenvalue weighted by molar-refractivity contribution is 5.90. The van der Waals surface area contributed by atoms with Crippen LogP contribution in [0, 0.1) is 23.7 Å². The molecule has 15 nitrogen and oxygen atoms in total. The molecule has 1 fully saturated rings. The van der Waals surface area contributed by atoms with Crippen LogP contribution >= 0.6 is 0 Å². The summed E-state index contributed by atoms with van der Waals surface area (Å²) >= 11 is 0. The third kappa shape index (κ3) is 16.2. The summed E-state index contributed by atoms with van der Waals surface area (Å²) in [4.78, 5) is 73.8. The number of carbonyl (C=O) groups is 5. The van der Waals surface area contributed by atoms with Crippen LogP contribution in [0.4, 0.5) is 0 Å². The van der Waals surface area contributed by atoms with Crippen LogP contribution in [-0.4, -0.2) is 160 Å². The van der Waals surface area contributed by atoms with Crippen molar-refractivity contribution in [3.8, 4) is 0 Å². The number of benzene rings is 1. The topological polar surface area (TPSA) is 176 Å². The van der Waals surface area contributed by atoms with Gasteiger partial charge in [0, 0.05) is 47.4 Å². The Bertz CT molecular complexity index is 1480. The molecular formula is C46H79N5O10. The molecule has 61 heavy (non-hydrogen) atoms. The van der Waals surface area contributed by atoms with Crippen molar-refractivity contribution >= 4 is 29.6 Å². The van der Waals surface area contributed by atoms with Crippen LogP contribution in [0.5, 0.6) is 0 Å². The third-order valence-electron chi connectivity index (χ3n) is 12.1. The first-order valence-corrected chi connectivity index (χ1v) is 22.3. The van der Waals surface area contributed by atoms with Crippen molar-refractivity contribution in [3.63, 3.8) is 0 Å². The molecule has 1 aliphatic heterocycles. The van der Waals surface area contributed by atoms with E-state index >= 15 is 0 Å². The van der Waals surface area contributed by atoms with Crippen molar-refractivity contribution in [3.05, 3.63) is 35.9 Å². The SMILES string of the molecule is CCCOCCOCCN(C)[C@H](C(=O)N[C@H](C(=O)N(C)[C@H](C(CC(=O)N1CCC[C@H]1C(OC)C(C)C(=O)N[C@@H](Cc1ccccc1)C(=O)O)OC)[C@@H](C)CC)C(C)C)C(C)C. The molecule has 1 aromatic rings. The first-order chi connectivity index (χ1) is 28.9. The molecule has 2 rings (SSSR count). The fraction of sp³-hybridized carbons (Fsp3) is 0.761. The average molecular weight is 862 g/mol. The van der Waals surface area contributed by atoms with Gasteiger partial charge in [-0.1, -0.05) is 92.1 Å². The summed E-state index contributed by atoms with van der Waals surface area (Å²) in [6.07, 6.45) is 1.67. The molecule has 0 bridgehead atoms. The number of ether oxygens (including phenoxy) is 4. The highest BCUT2D eigenvalue weighted by Gasteiger charge is 2.43. The molecule has 348 valence electrons. The highest BCUT2D eigenvalue weighted by Crippen LogP contribution is 2.30. The summed E-state index contributed by atoms with van der Waals surface area (Å²) in [5.41, 5.74) is 0.781. The number of methoxy groups -OCH3 is 2. The van der Waals surface area contributed by atoms with Gasteiger partial charge in [-0.05, 0) is 49.6 Å². The van der Waals surface area contributed by atoms with E-state index in [0.29, 0.717) is 58.8 Å². The van der Waals surface area contributed by atoms with Gasteiger partial charge in [-0.15, -0.1) is 0 Å². The van der Waals surface area contributed by atoms with Crippen molar-refractivity contribution in [2.75, 3.05) is 67.8 Å². The molecule has 9 atom stereocenters. The summed E-state index contributed by atoms with van der Waals surface area (Å²) in [5.74, 6) is -3.43. The number of aliphatic carboxylic acids is 1. The molecule has 3 unspecified atom stereocenters. The number of amides is 4. The molecule has 0 spiro atoms. The summed E-state index contributed by atoms with van der Waals surface area (Å²) in [6.45, 7) is 18.7. The summed E-state index contributed by atoms with van der Waals surface area (Å²) in [6, 6.07) is 5.69. The van der Waals surface area contributed by atoms with E-state index in [9.17, 15) is 29.1 Å². The van der Waals surface area contributed by atoms with Crippen molar-refractivity contribution in [2.24, 2.45) is 23.7 Å². The zero-order chi connectivity index (χ0) is 45.8. The van der Waals surface area contributed by atoms with Crippen LogP contribution in [0.25, 0.3) is 0 Å². The first-order valence-electron chi connectivity index (χ1n) is 22.3. The van der Waals surface area contributed by atoms with Crippen LogP contribution in [-0.2, 0) is 49.3 Å². The van der Waals surface area contributed by atoms with Gasteiger partial charge in [-0.25, -0.2) is 4.79 Å².